The number of ether oxygens (including phenoxy) is 1. The number of rotatable bonds is 6. The van der Waals surface area contributed by atoms with Crippen molar-refractivity contribution in [3.8, 4) is 5.75 Å². The van der Waals surface area contributed by atoms with Gasteiger partial charge in [-0.2, -0.15) is 0 Å². The number of hydrogen-bond acceptors (Lipinski definition) is 3. The molecule has 1 heterocycles. The Bertz CT molecular complexity index is 907. The fraction of sp³-hybridized carbons (Fsp3) is 0.143. The third kappa shape index (κ3) is 5.10. The van der Waals surface area contributed by atoms with Crippen molar-refractivity contribution in [2.45, 2.75) is 19.5 Å². The molecule has 1 amide bonds. The first-order valence-corrected chi connectivity index (χ1v) is 8.34. The second kappa shape index (κ2) is 7.95. The molecule has 138 valence electrons. The van der Waals surface area contributed by atoms with E-state index >= 15 is 0 Å². The quantitative estimate of drug-likeness (QED) is 0.664. The SMILES string of the molecule is CC(F)(F)c1cccc(NC(=O)c2ccc(COc3ccccc3)nc2)c1. The van der Waals surface area contributed by atoms with Gasteiger partial charge in [0.15, 0.2) is 0 Å². The van der Waals surface area contributed by atoms with Crippen LogP contribution in [0.1, 0.15) is 28.5 Å². The molecule has 0 radical (unpaired) electrons. The fourth-order valence-corrected chi connectivity index (χ4v) is 2.39. The molecular weight excluding hydrogens is 350 g/mol. The standard InChI is InChI=1S/C21H18F2N2O2/c1-21(22,23)16-6-5-7-17(12-16)25-20(26)15-10-11-18(24-13-15)14-27-19-8-3-2-4-9-19/h2-13H,14H2,1H3,(H,25,26). The molecule has 3 rings (SSSR count). The number of amides is 1. The molecule has 0 spiro atoms. The van der Waals surface area contributed by atoms with Crippen molar-refractivity contribution >= 4 is 11.6 Å². The Hall–Kier alpha value is -3.28. The monoisotopic (exact) mass is 368 g/mol. The van der Waals surface area contributed by atoms with Crippen molar-refractivity contribution in [1.29, 1.82) is 0 Å². The van der Waals surface area contributed by atoms with Gasteiger partial charge in [-0.1, -0.05) is 30.3 Å². The highest BCUT2D eigenvalue weighted by Gasteiger charge is 2.24. The van der Waals surface area contributed by atoms with Gasteiger partial charge in [0.2, 0.25) is 0 Å². The number of nitrogens with one attached hydrogen (secondary N) is 1. The molecule has 1 aromatic heterocycles. The van der Waals surface area contributed by atoms with Gasteiger partial charge in [0, 0.05) is 24.4 Å². The van der Waals surface area contributed by atoms with Crippen LogP contribution in [0.25, 0.3) is 0 Å². The second-order valence-corrected chi connectivity index (χ2v) is 6.06. The lowest BCUT2D eigenvalue weighted by Gasteiger charge is -2.12. The number of halogens is 2. The summed E-state index contributed by atoms with van der Waals surface area (Å²) < 4.78 is 32.4. The number of pyridine rings is 1. The Kier molecular flexibility index (Phi) is 5.45. The lowest BCUT2D eigenvalue weighted by atomic mass is 10.1. The molecule has 27 heavy (non-hydrogen) atoms. The van der Waals surface area contributed by atoms with Gasteiger partial charge in [-0.05, 0) is 36.4 Å². The van der Waals surface area contributed by atoms with Gasteiger partial charge in [-0.15, -0.1) is 0 Å². The van der Waals surface area contributed by atoms with Gasteiger partial charge in [0.1, 0.15) is 12.4 Å². The maximum Gasteiger partial charge on any atom is 0.270 e. The number of anilines is 1. The highest BCUT2D eigenvalue weighted by atomic mass is 19.3. The summed E-state index contributed by atoms with van der Waals surface area (Å²) in [6, 6.07) is 18.2. The van der Waals surface area contributed by atoms with Crippen LogP contribution in [0, 0.1) is 0 Å². The molecule has 0 aliphatic rings. The normalized spacial score (nSPS) is 11.1. The van der Waals surface area contributed by atoms with E-state index < -0.39 is 11.8 Å². The van der Waals surface area contributed by atoms with E-state index in [0.717, 1.165) is 12.7 Å². The number of nitrogens with zero attached hydrogens (tertiary/aromatic N) is 1. The maximum absolute atomic E-state index is 13.4. The van der Waals surface area contributed by atoms with E-state index in [1.54, 1.807) is 18.2 Å². The number of aromatic nitrogens is 1. The van der Waals surface area contributed by atoms with Gasteiger partial charge >= 0.3 is 0 Å². The molecule has 4 nitrogen and oxygen atoms in total. The van der Waals surface area contributed by atoms with Crippen molar-refractivity contribution in [3.05, 3.63) is 89.7 Å². The molecule has 0 fully saturated rings. The Balaban J connectivity index is 1.62. The van der Waals surface area contributed by atoms with Crippen LogP contribution in [0.4, 0.5) is 14.5 Å². The van der Waals surface area contributed by atoms with E-state index in [4.69, 9.17) is 4.74 Å². The van der Waals surface area contributed by atoms with Crippen molar-refractivity contribution in [2.24, 2.45) is 0 Å². The number of hydrogen-bond donors (Lipinski definition) is 1. The lowest BCUT2D eigenvalue weighted by molar-refractivity contribution is 0.0175. The van der Waals surface area contributed by atoms with Gasteiger partial charge in [0.05, 0.1) is 11.3 Å². The summed E-state index contributed by atoms with van der Waals surface area (Å²) in [6.45, 7) is 1.09. The zero-order valence-electron chi connectivity index (χ0n) is 14.7. The Morgan fingerprint density at radius 1 is 1.07 bits per heavy atom. The second-order valence-electron chi connectivity index (χ2n) is 6.06. The van der Waals surface area contributed by atoms with Crippen LogP contribution < -0.4 is 10.1 Å². The fourth-order valence-electron chi connectivity index (χ4n) is 2.39. The largest absolute Gasteiger partial charge is 0.487 e. The minimum atomic E-state index is -2.97. The van der Waals surface area contributed by atoms with E-state index in [0.29, 0.717) is 16.9 Å². The minimum Gasteiger partial charge on any atom is -0.487 e. The lowest BCUT2D eigenvalue weighted by Crippen LogP contribution is -2.14. The number of alkyl halides is 2. The van der Waals surface area contributed by atoms with Crippen LogP contribution in [-0.4, -0.2) is 10.9 Å². The molecule has 0 aliphatic heterocycles. The average molecular weight is 368 g/mol. The number of benzene rings is 2. The molecule has 2 aromatic carbocycles. The molecule has 0 atom stereocenters. The van der Waals surface area contributed by atoms with Crippen LogP contribution >= 0.6 is 0 Å². The van der Waals surface area contributed by atoms with Crippen molar-refractivity contribution < 1.29 is 18.3 Å². The van der Waals surface area contributed by atoms with Crippen LogP contribution in [-0.2, 0) is 12.5 Å². The van der Waals surface area contributed by atoms with Crippen molar-refractivity contribution in [2.75, 3.05) is 5.32 Å². The van der Waals surface area contributed by atoms with Gasteiger partial charge < -0.3 is 10.1 Å². The van der Waals surface area contributed by atoms with Gasteiger partial charge in [-0.25, -0.2) is 8.78 Å². The number of carbonyl (C=O) groups is 1. The third-order valence-electron chi connectivity index (χ3n) is 3.84. The van der Waals surface area contributed by atoms with E-state index in [2.05, 4.69) is 10.3 Å². The zero-order valence-corrected chi connectivity index (χ0v) is 14.7. The van der Waals surface area contributed by atoms with Gasteiger partial charge in [-0.3, -0.25) is 9.78 Å². The van der Waals surface area contributed by atoms with E-state index in [-0.39, 0.29) is 12.2 Å². The van der Waals surface area contributed by atoms with Crippen LogP contribution in [0.2, 0.25) is 0 Å². The molecule has 0 aliphatic carbocycles. The highest BCUT2D eigenvalue weighted by molar-refractivity contribution is 6.04. The first kappa shape index (κ1) is 18.5. The Morgan fingerprint density at radius 3 is 2.52 bits per heavy atom. The summed E-state index contributed by atoms with van der Waals surface area (Å²) in [5.74, 6) is -2.66. The molecule has 3 aromatic rings. The molecule has 6 heteroatoms. The minimum absolute atomic E-state index is 0.160. The Morgan fingerprint density at radius 2 is 1.85 bits per heavy atom. The number of para-hydroxylation sites is 1. The molecule has 1 N–H and O–H groups in total. The Labute approximate surface area is 155 Å². The molecule has 0 saturated heterocycles. The zero-order chi connectivity index (χ0) is 19.3. The predicted octanol–water partition coefficient (Wildman–Crippen LogP) is 5.02. The van der Waals surface area contributed by atoms with E-state index in [1.165, 1.54) is 24.4 Å². The molecule has 0 unspecified atom stereocenters. The highest BCUT2D eigenvalue weighted by Crippen LogP contribution is 2.28. The number of carbonyl (C=O) groups excluding carboxylic acids is 1. The third-order valence-corrected chi connectivity index (χ3v) is 3.84. The van der Waals surface area contributed by atoms with Crippen molar-refractivity contribution in [1.82, 2.24) is 4.98 Å². The summed E-state index contributed by atoms with van der Waals surface area (Å²) in [5.41, 5.74) is 1.14. The first-order chi connectivity index (χ1) is 12.9. The summed E-state index contributed by atoms with van der Waals surface area (Å²) in [7, 11) is 0. The smallest absolute Gasteiger partial charge is 0.270 e. The van der Waals surface area contributed by atoms with Crippen LogP contribution in [0.3, 0.4) is 0 Å². The van der Waals surface area contributed by atoms with Crippen molar-refractivity contribution in [3.63, 3.8) is 0 Å². The first-order valence-electron chi connectivity index (χ1n) is 8.34. The topological polar surface area (TPSA) is 51.2 Å². The molecule has 0 saturated carbocycles. The van der Waals surface area contributed by atoms with Crippen LogP contribution in [0.15, 0.2) is 72.9 Å². The van der Waals surface area contributed by atoms with E-state index in [1.807, 2.05) is 30.3 Å². The summed E-state index contributed by atoms with van der Waals surface area (Å²) in [5, 5.41) is 2.60. The molecular formula is C21H18F2N2O2. The summed E-state index contributed by atoms with van der Waals surface area (Å²) in [4.78, 5) is 16.5. The summed E-state index contributed by atoms with van der Waals surface area (Å²) >= 11 is 0. The average Bonchev–Trinajstić information content (AvgIpc) is 2.67. The molecule has 0 bridgehead atoms. The van der Waals surface area contributed by atoms with Crippen LogP contribution in [0.5, 0.6) is 5.75 Å². The summed E-state index contributed by atoms with van der Waals surface area (Å²) in [6.07, 6.45) is 1.43. The van der Waals surface area contributed by atoms with E-state index in [9.17, 15) is 13.6 Å². The van der Waals surface area contributed by atoms with Gasteiger partial charge in [0.25, 0.3) is 11.8 Å². The predicted molar refractivity (Wildman–Crippen MR) is 99.0 cm³/mol. The maximum atomic E-state index is 13.4.